The van der Waals surface area contributed by atoms with Crippen molar-refractivity contribution in [2.75, 3.05) is 11.4 Å². The molecule has 112 valence electrons. The molecule has 0 saturated heterocycles. The fourth-order valence-corrected chi connectivity index (χ4v) is 3.34. The Kier molecular flexibility index (Phi) is 3.92. The fourth-order valence-electron chi connectivity index (χ4n) is 3.34. The Labute approximate surface area is 123 Å². The van der Waals surface area contributed by atoms with Crippen LogP contribution in [0.25, 0.3) is 0 Å². The third kappa shape index (κ3) is 2.78. The number of carbonyl (C=O) groups is 2. The van der Waals surface area contributed by atoms with Gasteiger partial charge in [-0.25, -0.2) is 4.79 Å². The summed E-state index contributed by atoms with van der Waals surface area (Å²) in [7, 11) is 0. The summed E-state index contributed by atoms with van der Waals surface area (Å²) in [5.74, 6) is -1.10. The highest BCUT2D eigenvalue weighted by molar-refractivity contribution is 6.02. The number of nitrogens with one attached hydrogen (secondary N) is 1. The van der Waals surface area contributed by atoms with E-state index in [1.807, 2.05) is 24.3 Å². The Morgan fingerprint density at radius 3 is 2.67 bits per heavy atom. The minimum atomic E-state index is -0.944. The lowest BCUT2D eigenvalue weighted by Crippen LogP contribution is -2.47. The molecule has 1 aromatic carbocycles. The van der Waals surface area contributed by atoms with Crippen LogP contribution in [0.3, 0.4) is 0 Å². The molecule has 1 aliphatic carbocycles. The molecule has 5 nitrogen and oxygen atoms in total. The van der Waals surface area contributed by atoms with Crippen molar-refractivity contribution in [1.82, 2.24) is 5.32 Å². The molecule has 1 aromatic rings. The van der Waals surface area contributed by atoms with Gasteiger partial charge in [0.15, 0.2) is 0 Å². The highest BCUT2D eigenvalue weighted by atomic mass is 16.4. The lowest BCUT2D eigenvalue weighted by molar-refractivity contribution is -0.139. The largest absolute Gasteiger partial charge is 0.480 e. The molecule has 3 rings (SSSR count). The van der Waals surface area contributed by atoms with Gasteiger partial charge in [-0.15, -0.1) is 0 Å². The van der Waals surface area contributed by atoms with Gasteiger partial charge < -0.3 is 10.4 Å². The predicted octanol–water partition coefficient (Wildman–Crippen LogP) is 1.56. The summed E-state index contributed by atoms with van der Waals surface area (Å²) in [6, 6.07) is 7.06. The highest BCUT2D eigenvalue weighted by Gasteiger charge is 2.38. The van der Waals surface area contributed by atoms with E-state index in [0.29, 0.717) is 12.5 Å². The highest BCUT2D eigenvalue weighted by Crippen LogP contribution is 2.32. The van der Waals surface area contributed by atoms with Gasteiger partial charge in [-0.2, -0.15) is 0 Å². The first kappa shape index (κ1) is 14.1. The van der Waals surface area contributed by atoms with Gasteiger partial charge in [-0.05, 0) is 24.5 Å². The number of aliphatic carboxylic acids is 1. The maximum atomic E-state index is 12.5. The second-order valence-electron chi connectivity index (χ2n) is 5.81. The van der Waals surface area contributed by atoms with Crippen LogP contribution in [0.2, 0.25) is 0 Å². The Hall–Kier alpha value is -1.88. The molecule has 0 radical (unpaired) electrons. The zero-order valence-electron chi connectivity index (χ0n) is 11.9. The van der Waals surface area contributed by atoms with Gasteiger partial charge in [0, 0.05) is 18.2 Å². The first-order valence-corrected chi connectivity index (χ1v) is 7.53. The summed E-state index contributed by atoms with van der Waals surface area (Å²) in [4.78, 5) is 25.4. The number of para-hydroxylation sites is 1. The molecule has 0 spiro atoms. The van der Waals surface area contributed by atoms with Crippen LogP contribution in [-0.2, 0) is 16.0 Å². The summed E-state index contributed by atoms with van der Waals surface area (Å²) in [5.41, 5.74) is 1.67. The number of hydrogen-bond donors (Lipinski definition) is 2. The number of benzene rings is 1. The first-order chi connectivity index (χ1) is 10.2. The van der Waals surface area contributed by atoms with Crippen molar-refractivity contribution in [3.8, 4) is 0 Å². The quantitative estimate of drug-likeness (QED) is 0.882. The number of carboxylic acids is 1. The SMILES string of the molecule is O=C(O)[C@@H]1Cc2ccccc2N1C(=O)CNC1CCCC1. The molecule has 2 aliphatic rings. The maximum absolute atomic E-state index is 12.5. The van der Waals surface area contributed by atoms with Gasteiger partial charge in [0.1, 0.15) is 6.04 Å². The molecule has 1 amide bonds. The predicted molar refractivity (Wildman–Crippen MR) is 79.3 cm³/mol. The normalized spacial score (nSPS) is 21.5. The van der Waals surface area contributed by atoms with E-state index in [1.54, 1.807) is 0 Å². The van der Waals surface area contributed by atoms with Crippen LogP contribution in [0.1, 0.15) is 31.2 Å². The van der Waals surface area contributed by atoms with Gasteiger partial charge in [-0.3, -0.25) is 9.69 Å². The van der Waals surface area contributed by atoms with Crippen molar-refractivity contribution < 1.29 is 14.7 Å². The topological polar surface area (TPSA) is 69.6 Å². The van der Waals surface area contributed by atoms with Crippen molar-refractivity contribution in [3.63, 3.8) is 0 Å². The third-order valence-electron chi connectivity index (χ3n) is 4.43. The summed E-state index contributed by atoms with van der Waals surface area (Å²) < 4.78 is 0. The van der Waals surface area contributed by atoms with E-state index in [2.05, 4.69) is 5.32 Å². The first-order valence-electron chi connectivity index (χ1n) is 7.53. The van der Waals surface area contributed by atoms with Crippen molar-refractivity contribution in [1.29, 1.82) is 0 Å². The smallest absolute Gasteiger partial charge is 0.327 e. The van der Waals surface area contributed by atoms with E-state index in [4.69, 9.17) is 0 Å². The van der Waals surface area contributed by atoms with Crippen molar-refractivity contribution in [2.24, 2.45) is 0 Å². The monoisotopic (exact) mass is 288 g/mol. The number of anilines is 1. The molecule has 2 N–H and O–H groups in total. The number of carbonyl (C=O) groups excluding carboxylic acids is 1. The Morgan fingerprint density at radius 2 is 1.95 bits per heavy atom. The van der Waals surface area contributed by atoms with Crippen LogP contribution in [0.15, 0.2) is 24.3 Å². The molecule has 1 fully saturated rings. The second-order valence-corrected chi connectivity index (χ2v) is 5.81. The van der Waals surface area contributed by atoms with Crippen LogP contribution in [0, 0.1) is 0 Å². The van der Waals surface area contributed by atoms with Gasteiger partial charge in [-0.1, -0.05) is 31.0 Å². The molecule has 1 saturated carbocycles. The number of carboxylic acid groups (broad SMARTS) is 1. The molecule has 21 heavy (non-hydrogen) atoms. The van der Waals surface area contributed by atoms with E-state index in [1.165, 1.54) is 17.7 Å². The van der Waals surface area contributed by atoms with Gasteiger partial charge in [0.2, 0.25) is 5.91 Å². The van der Waals surface area contributed by atoms with Crippen LogP contribution in [0.4, 0.5) is 5.69 Å². The van der Waals surface area contributed by atoms with Crippen LogP contribution < -0.4 is 10.2 Å². The van der Waals surface area contributed by atoms with Crippen molar-refractivity contribution >= 4 is 17.6 Å². The molecule has 1 heterocycles. The lowest BCUT2D eigenvalue weighted by atomic mass is 10.1. The summed E-state index contributed by atoms with van der Waals surface area (Å²) in [6.45, 7) is 0.211. The van der Waals surface area contributed by atoms with E-state index >= 15 is 0 Å². The maximum Gasteiger partial charge on any atom is 0.327 e. The van der Waals surface area contributed by atoms with Gasteiger partial charge in [0.25, 0.3) is 0 Å². The lowest BCUT2D eigenvalue weighted by Gasteiger charge is -2.23. The Morgan fingerprint density at radius 1 is 1.24 bits per heavy atom. The van der Waals surface area contributed by atoms with Crippen molar-refractivity contribution in [3.05, 3.63) is 29.8 Å². The standard InChI is InChI=1S/C16H20N2O3/c19-15(10-17-12-6-2-3-7-12)18-13-8-4-1-5-11(13)9-14(18)16(20)21/h1,4-5,8,12,14,17H,2-3,6-7,9-10H2,(H,20,21)/t14-/m0/s1. The van der Waals surface area contributed by atoms with E-state index in [9.17, 15) is 14.7 Å². The average Bonchev–Trinajstić information content (AvgIpc) is 3.11. The molecule has 1 aliphatic heterocycles. The van der Waals surface area contributed by atoms with Gasteiger partial charge in [0.05, 0.1) is 6.54 Å². The van der Waals surface area contributed by atoms with Gasteiger partial charge >= 0.3 is 5.97 Å². The molecule has 0 unspecified atom stereocenters. The Bertz CT molecular complexity index is 552. The molecule has 0 bridgehead atoms. The molecule has 0 aromatic heterocycles. The number of amides is 1. The molecule has 1 atom stereocenters. The van der Waals surface area contributed by atoms with E-state index in [0.717, 1.165) is 24.1 Å². The minimum Gasteiger partial charge on any atom is -0.480 e. The minimum absolute atomic E-state index is 0.153. The average molecular weight is 288 g/mol. The van der Waals surface area contributed by atoms with Crippen LogP contribution >= 0.6 is 0 Å². The fraction of sp³-hybridized carbons (Fsp3) is 0.500. The molecular weight excluding hydrogens is 268 g/mol. The summed E-state index contributed by atoms with van der Waals surface area (Å²) in [5, 5.41) is 12.6. The summed E-state index contributed by atoms with van der Waals surface area (Å²) in [6.07, 6.45) is 5.01. The van der Waals surface area contributed by atoms with Crippen LogP contribution in [-0.4, -0.2) is 35.6 Å². The van der Waals surface area contributed by atoms with E-state index in [-0.39, 0.29) is 12.5 Å². The number of rotatable bonds is 4. The zero-order valence-corrected chi connectivity index (χ0v) is 11.9. The summed E-state index contributed by atoms with van der Waals surface area (Å²) >= 11 is 0. The van der Waals surface area contributed by atoms with Crippen molar-refractivity contribution in [2.45, 2.75) is 44.2 Å². The molecular formula is C16H20N2O3. The zero-order chi connectivity index (χ0) is 14.8. The third-order valence-corrected chi connectivity index (χ3v) is 4.43. The second kappa shape index (κ2) is 5.85. The molecule has 5 heteroatoms. The van der Waals surface area contributed by atoms with E-state index < -0.39 is 12.0 Å². The Balaban J connectivity index is 1.73. The number of fused-ring (bicyclic) bond motifs is 1. The number of hydrogen-bond acceptors (Lipinski definition) is 3. The van der Waals surface area contributed by atoms with Crippen LogP contribution in [0.5, 0.6) is 0 Å². The number of nitrogens with zero attached hydrogens (tertiary/aromatic N) is 1.